The van der Waals surface area contributed by atoms with Crippen molar-refractivity contribution in [2.45, 2.75) is 27.7 Å². The Morgan fingerprint density at radius 1 is 0.889 bits per heavy atom. The molecule has 27 heavy (non-hydrogen) atoms. The van der Waals surface area contributed by atoms with Crippen molar-refractivity contribution in [3.63, 3.8) is 0 Å². The van der Waals surface area contributed by atoms with Crippen LogP contribution in [-0.4, -0.2) is 31.7 Å². The Morgan fingerprint density at radius 2 is 1.52 bits per heavy atom. The molecule has 0 spiro atoms. The Bertz CT molecular complexity index is 796. The Labute approximate surface area is 159 Å². The molecule has 0 bridgehead atoms. The highest BCUT2D eigenvalue weighted by molar-refractivity contribution is 5.95. The zero-order valence-electron chi connectivity index (χ0n) is 16.1. The summed E-state index contributed by atoms with van der Waals surface area (Å²) < 4.78 is 16.1. The van der Waals surface area contributed by atoms with Gasteiger partial charge in [0.2, 0.25) is 0 Å². The summed E-state index contributed by atoms with van der Waals surface area (Å²) in [5.41, 5.74) is 3.05. The molecular formula is C21H25NO5. The number of ether oxygens (including phenoxy) is 3. The van der Waals surface area contributed by atoms with Crippen LogP contribution in [-0.2, 0) is 9.53 Å². The zero-order chi connectivity index (χ0) is 19.8. The maximum absolute atomic E-state index is 12.2. The van der Waals surface area contributed by atoms with Gasteiger partial charge in [0, 0.05) is 5.69 Å². The minimum Gasteiger partial charge on any atom is -0.490 e. The number of esters is 1. The topological polar surface area (TPSA) is 73.9 Å². The fraction of sp³-hybridized carbons (Fsp3) is 0.333. The van der Waals surface area contributed by atoms with Crippen molar-refractivity contribution in [1.82, 2.24) is 0 Å². The van der Waals surface area contributed by atoms with Crippen molar-refractivity contribution in [2.24, 2.45) is 0 Å². The summed E-state index contributed by atoms with van der Waals surface area (Å²) in [5.74, 6) is 0.0239. The molecule has 2 rings (SSSR count). The van der Waals surface area contributed by atoms with E-state index >= 15 is 0 Å². The average Bonchev–Trinajstić information content (AvgIpc) is 2.60. The van der Waals surface area contributed by atoms with Crippen LogP contribution in [0.3, 0.4) is 0 Å². The summed E-state index contributed by atoms with van der Waals surface area (Å²) in [6.45, 7) is 8.17. The third kappa shape index (κ3) is 6.02. The van der Waals surface area contributed by atoms with Gasteiger partial charge in [0.25, 0.3) is 5.91 Å². The fourth-order valence-corrected chi connectivity index (χ4v) is 2.64. The summed E-state index contributed by atoms with van der Waals surface area (Å²) in [4.78, 5) is 24.3. The van der Waals surface area contributed by atoms with Gasteiger partial charge in [-0.2, -0.15) is 0 Å². The number of hydrogen-bond donors (Lipinski definition) is 1. The van der Waals surface area contributed by atoms with Crippen molar-refractivity contribution >= 4 is 17.6 Å². The Morgan fingerprint density at radius 3 is 2.15 bits per heavy atom. The minimum atomic E-state index is -0.602. The molecule has 0 saturated carbocycles. The van der Waals surface area contributed by atoms with Crippen LogP contribution >= 0.6 is 0 Å². The van der Waals surface area contributed by atoms with E-state index < -0.39 is 11.9 Å². The maximum Gasteiger partial charge on any atom is 0.338 e. The normalized spacial score (nSPS) is 10.2. The van der Waals surface area contributed by atoms with Gasteiger partial charge in [-0.05, 0) is 69.2 Å². The van der Waals surface area contributed by atoms with Crippen molar-refractivity contribution in [3.05, 3.63) is 53.1 Å². The third-order valence-electron chi connectivity index (χ3n) is 3.62. The third-order valence-corrected chi connectivity index (χ3v) is 3.62. The molecule has 0 aliphatic heterocycles. The second kappa shape index (κ2) is 9.62. The lowest BCUT2D eigenvalue weighted by atomic mass is 10.1. The quantitative estimate of drug-likeness (QED) is 0.713. The number of nitrogens with one attached hydrogen (secondary N) is 1. The Kier molecular flexibility index (Phi) is 7.23. The monoisotopic (exact) mass is 371 g/mol. The second-order valence-corrected chi connectivity index (χ2v) is 6.03. The summed E-state index contributed by atoms with van der Waals surface area (Å²) in [6.07, 6.45) is 0. The Balaban J connectivity index is 1.98. The van der Waals surface area contributed by atoms with Crippen LogP contribution < -0.4 is 14.8 Å². The largest absolute Gasteiger partial charge is 0.490 e. The van der Waals surface area contributed by atoms with Gasteiger partial charge in [0.05, 0.1) is 18.8 Å². The van der Waals surface area contributed by atoms with Crippen LogP contribution in [0.25, 0.3) is 0 Å². The molecule has 0 saturated heterocycles. The van der Waals surface area contributed by atoms with E-state index in [1.54, 1.807) is 18.2 Å². The van der Waals surface area contributed by atoms with Crippen molar-refractivity contribution in [1.29, 1.82) is 0 Å². The predicted molar refractivity (Wildman–Crippen MR) is 104 cm³/mol. The summed E-state index contributed by atoms with van der Waals surface area (Å²) >= 11 is 0. The molecule has 1 N–H and O–H groups in total. The predicted octanol–water partition coefficient (Wildman–Crippen LogP) is 3.90. The molecule has 2 aromatic carbocycles. The average molecular weight is 371 g/mol. The number of amides is 1. The van der Waals surface area contributed by atoms with E-state index in [0.717, 1.165) is 11.1 Å². The fourth-order valence-electron chi connectivity index (χ4n) is 2.64. The van der Waals surface area contributed by atoms with Gasteiger partial charge in [0.1, 0.15) is 0 Å². The minimum absolute atomic E-state index is 0.293. The van der Waals surface area contributed by atoms with Gasteiger partial charge in [-0.25, -0.2) is 4.79 Å². The molecular weight excluding hydrogens is 346 g/mol. The molecule has 0 aliphatic carbocycles. The number of benzene rings is 2. The van der Waals surface area contributed by atoms with Gasteiger partial charge in [-0.15, -0.1) is 0 Å². The highest BCUT2D eigenvalue weighted by Gasteiger charge is 2.14. The molecule has 0 radical (unpaired) electrons. The lowest BCUT2D eigenvalue weighted by Gasteiger charge is -2.12. The van der Waals surface area contributed by atoms with Gasteiger partial charge < -0.3 is 19.5 Å². The molecule has 6 nitrogen and oxygen atoms in total. The first-order valence-corrected chi connectivity index (χ1v) is 8.87. The van der Waals surface area contributed by atoms with Crippen LogP contribution in [0.1, 0.15) is 35.3 Å². The van der Waals surface area contributed by atoms with Gasteiger partial charge in [-0.3, -0.25) is 4.79 Å². The smallest absolute Gasteiger partial charge is 0.338 e. The molecule has 0 heterocycles. The number of anilines is 1. The SMILES string of the molecule is CCOc1ccc(C(=O)OCC(=O)Nc2cc(C)cc(C)c2)cc1OCC. The van der Waals surface area contributed by atoms with E-state index in [2.05, 4.69) is 5.32 Å². The molecule has 0 fully saturated rings. The molecule has 0 aliphatic rings. The lowest BCUT2D eigenvalue weighted by Crippen LogP contribution is -2.21. The first kappa shape index (κ1) is 20.3. The van der Waals surface area contributed by atoms with E-state index in [-0.39, 0.29) is 6.61 Å². The van der Waals surface area contributed by atoms with E-state index in [1.165, 1.54) is 0 Å². The molecule has 0 atom stereocenters. The molecule has 0 unspecified atom stereocenters. The van der Waals surface area contributed by atoms with Crippen molar-refractivity contribution in [2.75, 3.05) is 25.1 Å². The highest BCUT2D eigenvalue weighted by Crippen LogP contribution is 2.28. The maximum atomic E-state index is 12.2. The number of aryl methyl sites for hydroxylation is 2. The van der Waals surface area contributed by atoms with E-state index in [0.29, 0.717) is 36.0 Å². The van der Waals surface area contributed by atoms with Crippen LogP contribution in [0.15, 0.2) is 36.4 Å². The molecule has 1 amide bonds. The number of carbonyl (C=O) groups excluding carboxylic acids is 2. The number of hydrogen-bond acceptors (Lipinski definition) is 5. The highest BCUT2D eigenvalue weighted by atomic mass is 16.5. The van der Waals surface area contributed by atoms with Gasteiger partial charge >= 0.3 is 5.97 Å². The van der Waals surface area contributed by atoms with Crippen molar-refractivity contribution in [3.8, 4) is 11.5 Å². The zero-order valence-corrected chi connectivity index (χ0v) is 16.1. The summed E-state index contributed by atoms with van der Waals surface area (Å²) in [6, 6.07) is 10.5. The number of carbonyl (C=O) groups is 2. The lowest BCUT2D eigenvalue weighted by molar-refractivity contribution is -0.119. The van der Waals surface area contributed by atoms with Crippen LogP contribution in [0.5, 0.6) is 11.5 Å². The standard InChI is InChI=1S/C21H25NO5/c1-5-25-18-8-7-16(12-19(18)26-6-2)21(24)27-13-20(23)22-17-10-14(3)9-15(4)11-17/h7-12H,5-6,13H2,1-4H3,(H,22,23). The van der Waals surface area contributed by atoms with Crippen LogP contribution in [0.2, 0.25) is 0 Å². The second-order valence-electron chi connectivity index (χ2n) is 6.03. The van der Waals surface area contributed by atoms with Gasteiger partial charge in [-0.1, -0.05) is 6.07 Å². The summed E-state index contributed by atoms with van der Waals surface area (Å²) in [5, 5.41) is 2.73. The Hall–Kier alpha value is -3.02. The summed E-state index contributed by atoms with van der Waals surface area (Å²) in [7, 11) is 0. The van der Waals surface area contributed by atoms with E-state index in [1.807, 2.05) is 45.9 Å². The van der Waals surface area contributed by atoms with Gasteiger partial charge in [0.15, 0.2) is 18.1 Å². The van der Waals surface area contributed by atoms with E-state index in [4.69, 9.17) is 14.2 Å². The van der Waals surface area contributed by atoms with E-state index in [9.17, 15) is 9.59 Å². The molecule has 2 aromatic rings. The molecule has 144 valence electrons. The molecule has 6 heteroatoms. The van der Waals surface area contributed by atoms with Crippen LogP contribution in [0, 0.1) is 13.8 Å². The molecule has 0 aromatic heterocycles. The number of rotatable bonds is 8. The first-order chi connectivity index (χ1) is 12.9. The van der Waals surface area contributed by atoms with Crippen molar-refractivity contribution < 1.29 is 23.8 Å². The first-order valence-electron chi connectivity index (χ1n) is 8.87. The van der Waals surface area contributed by atoms with Crippen LogP contribution in [0.4, 0.5) is 5.69 Å².